The van der Waals surface area contributed by atoms with Gasteiger partial charge in [-0.25, -0.2) is 14.8 Å². The number of anilines is 1. The van der Waals surface area contributed by atoms with Crippen molar-refractivity contribution < 1.29 is 13.9 Å². The van der Waals surface area contributed by atoms with E-state index in [0.29, 0.717) is 13.1 Å². The molecule has 0 aliphatic carbocycles. The van der Waals surface area contributed by atoms with E-state index in [0.717, 1.165) is 40.4 Å². The predicted octanol–water partition coefficient (Wildman–Crippen LogP) is 4.18. The van der Waals surface area contributed by atoms with Gasteiger partial charge in [-0.1, -0.05) is 0 Å². The molecule has 4 aromatic rings. The Labute approximate surface area is 173 Å². The van der Waals surface area contributed by atoms with Crippen molar-refractivity contribution in [3.63, 3.8) is 0 Å². The van der Waals surface area contributed by atoms with Crippen molar-refractivity contribution in [3.05, 3.63) is 61.2 Å². The van der Waals surface area contributed by atoms with E-state index in [4.69, 9.17) is 14.1 Å². The molecule has 1 aromatic carbocycles. The Kier molecular flexibility index (Phi) is 4.59. The summed E-state index contributed by atoms with van der Waals surface area (Å²) in [7, 11) is 1.62. The van der Waals surface area contributed by atoms with Gasteiger partial charge in [0.1, 0.15) is 23.4 Å². The number of fused-ring (bicyclic) bond motifs is 1. The van der Waals surface area contributed by atoms with Crippen molar-refractivity contribution in [2.75, 3.05) is 25.5 Å². The first-order valence-corrected chi connectivity index (χ1v) is 9.78. The van der Waals surface area contributed by atoms with Gasteiger partial charge in [0.2, 0.25) is 0 Å². The molecule has 1 aliphatic heterocycles. The first kappa shape index (κ1) is 18.2. The lowest BCUT2D eigenvalue weighted by atomic mass is 10.2. The second kappa shape index (κ2) is 7.55. The number of furan rings is 1. The minimum Gasteiger partial charge on any atom is -0.497 e. The van der Waals surface area contributed by atoms with Gasteiger partial charge in [-0.2, -0.15) is 0 Å². The molecular weight excluding hydrogens is 382 g/mol. The third kappa shape index (κ3) is 3.26. The number of benzene rings is 1. The summed E-state index contributed by atoms with van der Waals surface area (Å²) >= 11 is 0. The van der Waals surface area contributed by atoms with Crippen LogP contribution in [0.3, 0.4) is 0 Å². The number of nitrogens with one attached hydrogen (secondary N) is 1. The Bertz CT molecular complexity index is 1170. The molecule has 5 rings (SSSR count). The Hall–Kier alpha value is -3.81. The van der Waals surface area contributed by atoms with Gasteiger partial charge >= 0.3 is 6.03 Å². The largest absolute Gasteiger partial charge is 0.497 e. The molecule has 152 valence electrons. The number of amides is 2. The molecule has 0 saturated carbocycles. The van der Waals surface area contributed by atoms with Crippen LogP contribution in [0, 0.1) is 0 Å². The Morgan fingerprint density at radius 2 is 2.10 bits per heavy atom. The minimum absolute atomic E-state index is 0.0800. The highest BCUT2D eigenvalue weighted by Gasteiger charge is 2.31. The van der Waals surface area contributed by atoms with Gasteiger partial charge in [-0.15, -0.1) is 0 Å². The summed E-state index contributed by atoms with van der Waals surface area (Å²) in [6.45, 7) is 1.23. The summed E-state index contributed by atoms with van der Waals surface area (Å²) in [6.07, 6.45) is 5.90. The molecule has 0 spiro atoms. The summed E-state index contributed by atoms with van der Waals surface area (Å²) in [4.78, 5) is 23.9. The van der Waals surface area contributed by atoms with E-state index in [1.165, 1.54) is 0 Å². The number of likely N-dealkylation sites (tertiary alicyclic amines) is 1. The average molecular weight is 403 g/mol. The Balaban J connectivity index is 1.38. The van der Waals surface area contributed by atoms with Crippen LogP contribution >= 0.6 is 0 Å². The number of hydrogen-bond donors (Lipinski definition) is 1. The van der Waals surface area contributed by atoms with E-state index in [-0.39, 0.29) is 12.1 Å². The number of urea groups is 1. The van der Waals surface area contributed by atoms with Crippen molar-refractivity contribution in [2.45, 2.75) is 12.5 Å². The lowest BCUT2D eigenvalue weighted by molar-refractivity contribution is 0.221. The van der Waals surface area contributed by atoms with E-state index in [1.807, 2.05) is 47.4 Å². The van der Waals surface area contributed by atoms with Crippen molar-refractivity contribution in [2.24, 2.45) is 0 Å². The van der Waals surface area contributed by atoms with Gasteiger partial charge in [0.25, 0.3) is 0 Å². The van der Waals surface area contributed by atoms with Gasteiger partial charge in [-0.05, 0) is 48.9 Å². The third-order valence-electron chi connectivity index (χ3n) is 5.39. The maximum atomic E-state index is 12.8. The zero-order chi connectivity index (χ0) is 20.5. The number of carbonyl (C=O) groups excluding carboxylic acids is 1. The first-order chi connectivity index (χ1) is 14.7. The zero-order valence-electron chi connectivity index (χ0n) is 16.5. The molecule has 8 nitrogen and oxygen atoms in total. The molecule has 8 heteroatoms. The van der Waals surface area contributed by atoms with Crippen LogP contribution in [0.25, 0.3) is 22.6 Å². The fourth-order valence-corrected chi connectivity index (χ4v) is 3.88. The van der Waals surface area contributed by atoms with Crippen molar-refractivity contribution >= 4 is 22.9 Å². The number of aromatic nitrogens is 3. The number of hydrogen-bond acceptors (Lipinski definition) is 5. The topological polar surface area (TPSA) is 85.4 Å². The standard InChI is InChI=1S/C22H21N5O3/c1-29-18-6-4-16(5-7-18)24-22(28)26-11-8-17(13-26)27-20(15-9-12-30-14-15)25-19-3-2-10-23-21(19)27/h2-7,9-10,12,14,17H,8,11,13H2,1H3,(H,24,28)/t17-/m1/s1. The summed E-state index contributed by atoms with van der Waals surface area (Å²) in [5.41, 5.74) is 3.28. The van der Waals surface area contributed by atoms with Crippen LogP contribution in [0.5, 0.6) is 5.75 Å². The number of rotatable bonds is 4. The maximum absolute atomic E-state index is 12.8. The van der Waals surface area contributed by atoms with Crippen LogP contribution in [0.2, 0.25) is 0 Å². The quantitative estimate of drug-likeness (QED) is 0.553. The highest BCUT2D eigenvalue weighted by Crippen LogP contribution is 2.32. The van der Waals surface area contributed by atoms with E-state index >= 15 is 0 Å². The van der Waals surface area contributed by atoms with Gasteiger partial charge in [0, 0.05) is 25.0 Å². The summed E-state index contributed by atoms with van der Waals surface area (Å²) in [5, 5.41) is 2.96. The molecule has 1 saturated heterocycles. The number of methoxy groups -OCH3 is 1. The minimum atomic E-state index is -0.120. The molecule has 1 fully saturated rings. The molecular formula is C22H21N5O3. The molecule has 0 radical (unpaired) electrons. The monoisotopic (exact) mass is 403 g/mol. The lowest BCUT2D eigenvalue weighted by Crippen LogP contribution is -2.33. The number of carbonyl (C=O) groups is 1. The van der Waals surface area contributed by atoms with E-state index < -0.39 is 0 Å². The van der Waals surface area contributed by atoms with Crippen molar-refractivity contribution in [1.82, 2.24) is 19.4 Å². The molecule has 2 amide bonds. The fraction of sp³-hybridized carbons (Fsp3) is 0.227. The van der Waals surface area contributed by atoms with Crippen LogP contribution in [-0.2, 0) is 0 Å². The molecule has 1 atom stereocenters. The second-order valence-electron chi connectivity index (χ2n) is 7.21. The fourth-order valence-electron chi connectivity index (χ4n) is 3.88. The van der Waals surface area contributed by atoms with Gasteiger partial charge in [-0.3, -0.25) is 0 Å². The second-order valence-corrected chi connectivity index (χ2v) is 7.21. The SMILES string of the molecule is COc1ccc(NC(=O)N2CC[C@@H](n3c(-c4ccoc4)nc4cccnc43)C2)cc1. The first-order valence-electron chi connectivity index (χ1n) is 9.78. The Morgan fingerprint density at radius 1 is 1.23 bits per heavy atom. The molecule has 0 unspecified atom stereocenters. The van der Waals surface area contributed by atoms with Crippen LogP contribution in [0.1, 0.15) is 12.5 Å². The third-order valence-corrected chi connectivity index (χ3v) is 5.39. The van der Waals surface area contributed by atoms with Gasteiger partial charge in [0.05, 0.1) is 25.0 Å². The summed E-state index contributed by atoms with van der Waals surface area (Å²) in [5.74, 6) is 1.56. The summed E-state index contributed by atoms with van der Waals surface area (Å²) in [6, 6.07) is 13.0. The molecule has 0 bridgehead atoms. The highest BCUT2D eigenvalue weighted by atomic mass is 16.5. The zero-order valence-corrected chi connectivity index (χ0v) is 16.5. The number of ether oxygens (including phenoxy) is 1. The number of pyridine rings is 1. The number of imidazole rings is 1. The van der Waals surface area contributed by atoms with E-state index in [9.17, 15) is 4.79 Å². The van der Waals surface area contributed by atoms with Crippen molar-refractivity contribution in [1.29, 1.82) is 0 Å². The summed E-state index contributed by atoms with van der Waals surface area (Å²) < 4.78 is 12.6. The molecule has 1 aliphatic rings. The number of nitrogens with zero attached hydrogens (tertiary/aromatic N) is 4. The molecule has 4 heterocycles. The molecule has 30 heavy (non-hydrogen) atoms. The normalized spacial score (nSPS) is 16.2. The highest BCUT2D eigenvalue weighted by molar-refractivity contribution is 5.89. The lowest BCUT2D eigenvalue weighted by Gasteiger charge is -2.19. The van der Waals surface area contributed by atoms with Gasteiger partial charge < -0.3 is 23.9 Å². The average Bonchev–Trinajstić information content (AvgIpc) is 3.52. The van der Waals surface area contributed by atoms with Crippen LogP contribution in [-0.4, -0.2) is 45.7 Å². The van der Waals surface area contributed by atoms with E-state index in [1.54, 1.807) is 25.8 Å². The van der Waals surface area contributed by atoms with Crippen LogP contribution in [0.15, 0.2) is 65.6 Å². The van der Waals surface area contributed by atoms with Crippen LogP contribution < -0.4 is 10.1 Å². The van der Waals surface area contributed by atoms with Crippen LogP contribution in [0.4, 0.5) is 10.5 Å². The van der Waals surface area contributed by atoms with Crippen molar-refractivity contribution in [3.8, 4) is 17.1 Å². The maximum Gasteiger partial charge on any atom is 0.321 e. The molecule has 3 aromatic heterocycles. The smallest absolute Gasteiger partial charge is 0.321 e. The molecule has 1 N–H and O–H groups in total. The predicted molar refractivity (Wildman–Crippen MR) is 112 cm³/mol. The van der Waals surface area contributed by atoms with Gasteiger partial charge in [0.15, 0.2) is 5.65 Å². The van der Waals surface area contributed by atoms with E-state index in [2.05, 4.69) is 14.9 Å². The Morgan fingerprint density at radius 3 is 2.87 bits per heavy atom.